The molecule has 5 rings (SSSR count). The number of ether oxygens (including phenoxy) is 4. The van der Waals surface area contributed by atoms with Crippen LogP contribution in [0.5, 0.6) is 17.2 Å². The minimum atomic E-state index is -0.389. The monoisotopic (exact) mass is 496 g/mol. The van der Waals surface area contributed by atoms with E-state index >= 15 is 0 Å². The number of imide groups is 1. The van der Waals surface area contributed by atoms with E-state index < -0.39 is 0 Å². The Bertz CT molecular complexity index is 1160. The molecule has 2 aromatic carbocycles. The second-order valence-electron chi connectivity index (χ2n) is 8.17. The maximum absolute atomic E-state index is 12.7. The summed E-state index contributed by atoms with van der Waals surface area (Å²) in [5, 5.41) is 2.38. The Balaban J connectivity index is 1.11. The van der Waals surface area contributed by atoms with E-state index in [1.54, 1.807) is 48.5 Å². The molecule has 35 heavy (non-hydrogen) atoms. The molecule has 1 unspecified atom stereocenters. The zero-order valence-corrected chi connectivity index (χ0v) is 19.7. The molecule has 2 fully saturated rings. The number of nitrogens with one attached hydrogen (secondary N) is 1. The van der Waals surface area contributed by atoms with Crippen molar-refractivity contribution >= 4 is 34.9 Å². The molecule has 9 nitrogen and oxygen atoms in total. The fourth-order valence-electron chi connectivity index (χ4n) is 3.90. The molecule has 1 atom stereocenters. The first-order chi connectivity index (χ1) is 17.1. The summed E-state index contributed by atoms with van der Waals surface area (Å²) in [5.74, 6) is 1.23. The highest BCUT2D eigenvalue weighted by molar-refractivity contribution is 8.18. The summed E-state index contributed by atoms with van der Waals surface area (Å²) >= 11 is 0.871. The van der Waals surface area contributed by atoms with E-state index in [4.69, 9.17) is 18.9 Å². The third kappa shape index (κ3) is 5.44. The lowest BCUT2D eigenvalue weighted by atomic mass is 10.2. The van der Waals surface area contributed by atoms with Crippen molar-refractivity contribution in [3.05, 3.63) is 58.5 Å². The van der Waals surface area contributed by atoms with Crippen LogP contribution in [0, 0.1) is 0 Å². The van der Waals surface area contributed by atoms with E-state index in [0.717, 1.165) is 41.7 Å². The van der Waals surface area contributed by atoms with Crippen LogP contribution in [0.25, 0.3) is 6.08 Å². The highest BCUT2D eigenvalue weighted by Crippen LogP contribution is 2.36. The Morgan fingerprint density at radius 3 is 2.77 bits per heavy atom. The first kappa shape index (κ1) is 23.3. The summed E-state index contributed by atoms with van der Waals surface area (Å²) in [6.45, 7) is 1.65. The third-order valence-electron chi connectivity index (χ3n) is 5.77. The van der Waals surface area contributed by atoms with Crippen LogP contribution in [0.15, 0.2) is 47.4 Å². The van der Waals surface area contributed by atoms with Crippen molar-refractivity contribution in [1.29, 1.82) is 0 Å². The number of fused-ring (bicyclic) bond motifs is 1. The Morgan fingerprint density at radius 1 is 1.14 bits per heavy atom. The molecule has 3 amide bonds. The van der Waals surface area contributed by atoms with Crippen LogP contribution < -0.4 is 19.5 Å². The van der Waals surface area contributed by atoms with Gasteiger partial charge in [-0.1, -0.05) is 6.07 Å². The number of nitrogens with zero attached hydrogens (tertiary/aromatic N) is 1. The smallest absolute Gasteiger partial charge is 0.293 e. The van der Waals surface area contributed by atoms with Crippen LogP contribution in [-0.4, -0.2) is 61.2 Å². The van der Waals surface area contributed by atoms with Crippen LogP contribution in [0.2, 0.25) is 0 Å². The van der Waals surface area contributed by atoms with Crippen LogP contribution >= 0.6 is 11.8 Å². The molecular weight excluding hydrogens is 472 g/mol. The molecule has 10 heteroatoms. The minimum Gasteiger partial charge on any atom is -0.491 e. The molecule has 3 heterocycles. The first-order valence-electron chi connectivity index (χ1n) is 11.3. The molecule has 0 spiro atoms. The molecule has 2 saturated heterocycles. The second kappa shape index (κ2) is 10.4. The van der Waals surface area contributed by atoms with Crippen LogP contribution in [0.3, 0.4) is 0 Å². The maximum atomic E-state index is 12.7. The summed E-state index contributed by atoms with van der Waals surface area (Å²) < 4.78 is 21.9. The predicted molar refractivity (Wildman–Crippen MR) is 128 cm³/mol. The molecule has 1 N–H and O–H groups in total. The molecule has 3 aliphatic heterocycles. The molecule has 0 aromatic heterocycles. The molecule has 0 bridgehead atoms. The third-order valence-corrected chi connectivity index (χ3v) is 6.67. The van der Waals surface area contributed by atoms with E-state index in [1.165, 1.54) is 0 Å². The van der Waals surface area contributed by atoms with Gasteiger partial charge < -0.3 is 24.3 Å². The fourth-order valence-corrected chi connectivity index (χ4v) is 4.76. The number of hydrogen-bond acceptors (Lipinski definition) is 8. The molecular formula is C25H24N2O7S. The van der Waals surface area contributed by atoms with Crippen LogP contribution in [0.4, 0.5) is 4.79 Å². The molecule has 0 saturated carbocycles. The van der Waals surface area contributed by atoms with Crippen molar-refractivity contribution in [3.8, 4) is 17.2 Å². The van der Waals surface area contributed by atoms with Crippen molar-refractivity contribution in [3.63, 3.8) is 0 Å². The van der Waals surface area contributed by atoms with Gasteiger partial charge in [-0.2, -0.15) is 0 Å². The van der Waals surface area contributed by atoms with Gasteiger partial charge in [-0.3, -0.25) is 19.3 Å². The Morgan fingerprint density at radius 2 is 1.97 bits per heavy atom. The van der Waals surface area contributed by atoms with Gasteiger partial charge >= 0.3 is 0 Å². The van der Waals surface area contributed by atoms with Crippen molar-refractivity contribution in [2.24, 2.45) is 0 Å². The van der Waals surface area contributed by atoms with E-state index in [2.05, 4.69) is 5.32 Å². The van der Waals surface area contributed by atoms with Crippen molar-refractivity contribution in [2.45, 2.75) is 18.9 Å². The zero-order chi connectivity index (χ0) is 24.2. The Hall–Kier alpha value is -3.50. The van der Waals surface area contributed by atoms with Gasteiger partial charge in [-0.05, 0) is 72.6 Å². The number of rotatable bonds is 8. The van der Waals surface area contributed by atoms with E-state index in [1.807, 2.05) is 0 Å². The second-order valence-corrected chi connectivity index (χ2v) is 9.17. The van der Waals surface area contributed by atoms with E-state index in [0.29, 0.717) is 34.3 Å². The summed E-state index contributed by atoms with van der Waals surface area (Å²) in [6, 6.07) is 12.1. The number of amides is 3. The van der Waals surface area contributed by atoms with Crippen molar-refractivity contribution in [2.75, 3.05) is 33.1 Å². The Labute approximate surface area is 206 Å². The van der Waals surface area contributed by atoms with E-state index in [9.17, 15) is 14.4 Å². The SMILES string of the molecule is O=C(NCCN1C(=O)S/C(=C\c2ccc3c(c2)OCO3)C1=O)c1ccc(OCC2CCCO2)cc1. The Kier molecular flexibility index (Phi) is 6.91. The highest BCUT2D eigenvalue weighted by Gasteiger charge is 2.34. The van der Waals surface area contributed by atoms with Crippen molar-refractivity contribution < 1.29 is 33.3 Å². The zero-order valence-electron chi connectivity index (χ0n) is 18.9. The lowest BCUT2D eigenvalue weighted by molar-refractivity contribution is -0.122. The quantitative estimate of drug-likeness (QED) is 0.555. The average Bonchev–Trinajstić information content (AvgIpc) is 3.61. The van der Waals surface area contributed by atoms with Gasteiger partial charge in [0, 0.05) is 25.3 Å². The lowest BCUT2D eigenvalue weighted by Crippen LogP contribution is -2.37. The summed E-state index contributed by atoms with van der Waals surface area (Å²) in [6.07, 6.45) is 3.82. The molecule has 0 aliphatic carbocycles. The highest BCUT2D eigenvalue weighted by atomic mass is 32.2. The summed E-state index contributed by atoms with van der Waals surface area (Å²) in [5.41, 5.74) is 1.20. The largest absolute Gasteiger partial charge is 0.491 e. The van der Waals surface area contributed by atoms with Gasteiger partial charge in [0.1, 0.15) is 12.4 Å². The topological polar surface area (TPSA) is 103 Å². The van der Waals surface area contributed by atoms with Crippen LogP contribution in [0.1, 0.15) is 28.8 Å². The maximum Gasteiger partial charge on any atom is 0.293 e. The number of carbonyl (C=O) groups excluding carboxylic acids is 3. The van der Waals surface area contributed by atoms with Gasteiger partial charge in [0.15, 0.2) is 11.5 Å². The summed E-state index contributed by atoms with van der Waals surface area (Å²) in [4.78, 5) is 39.0. The number of thioether (sulfide) groups is 1. The van der Waals surface area contributed by atoms with Gasteiger partial charge in [-0.25, -0.2) is 0 Å². The normalized spacial score (nSPS) is 20.1. The van der Waals surface area contributed by atoms with Gasteiger partial charge in [0.2, 0.25) is 6.79 Å². The number of benzene rings is 2. The molecule has 2 aromatic rings. The van der Waals surface area contributed by atoms with Gasteiger partial charge in [0.25, 0.3) is 17.1 Å². The van der Waals surface area contributed by atoms with Crippen LogP contribution in [-0.2, 0) is 9.53 Å². The predicted octanol–water partition coefficient (Wildman–Crippen LogP) is 3.44. The first-order valence-corrected chi connectivity index (χ1v) is 12.2. The minimum absolute atomic E-state index is 0.0808. The molecule has 3 aliphatic rings. The summed E-state index contributed by atoms with van der Waals surface area (Å²) in [7, 11) is 0. The average molecular weight is 497 g/mol. The molecule has 0 radical (unpaired) electrons. The van der Waals surface area contributed by atoms with Gasteiger partial charge in [0.05, 0.1) is 11.0 Å². The number of carbonyl (C=O) groups is 3. The number of hydrogen-bond donors (Lipinski definition) is 1. The standard InChI is InChI=1S/C25H24N2O7S/c28-23(17-4-6-18(7-5-17)32-14-19-2-1-11-31-19)26-9-10-27-24(29)22(35-25(27)30)13-16-3-8-20-21(12-16)34-15-33-20/h3-8,12-13,19H,1-2,9-11,14-15H2,(H,26,28)/b22-13-. The van der Waals surface area contributed by atoms with E-state index in [-0.39, 0.29) is 43.0 Å². The van der Waals surface area contributed by atoms with Crippen molar-refractivity contribution in [1.82, 2.24) is 10.2 Å². The van der Waals surface area contributed by atoms with Gasteiger partial charge in [-0.15, -0.1) is 0 Å². The molecule has 182 valence electrons. The fraction of sp³-hybridized carbons (Fsp3) is 0.320. The lowest BCUT2D eigenvalue weighted by Gasteiger charge is -2.13.